The van der Waals surface area contributed by atoms with E-state index >= 15 is 0 Å². The number of nitrogens with one attached hydrogen (secondary N) is 2. The topological polar surface area (TPSA) is 123 Å². The van der Waals surface area contributed by atoms with Crippen LogP contribution in [0.1, 0.15) is 5.89 Å². The summed E-state index contributed by atoms with van der Waals surface area (Å²) in [6.07, 6.45) is 0. The fraction of sp³-hybridized carbons (Fsp3) is 0.111. The summed E-state index contributed by atoms with van der Waals surface area (Å²) in [6.45, 7) is 1.56. The van der Waals surface area contributed by atoms with Crippen LogP contribution in [0, 0.1) is 6.92 Å². The average molecular weight is 269 g/mol. The maximum Gasteiger partial charge on any atom is 0.329 e. The number of anilines is 2. The third-order valence-electron chi connectivity index (χ3n) is 2.08. The van der Waals surface area contributed by atoms with E-state index in [-0.39, 0.29) is 22.5 Å². The van der Waals surface area contributed by atoms with Gasteiger partial charge in [0.05, 0.1) is 5.69 Å². The van der Waals surface area contributed by atoms with Crippen LogP contribution in [0.25, 0.3) is 0 Å². The van der Waals surface area contributed by atoms with Gasteiger partial charge in [0.25, 0.3) is 10.0 Å². The molecule has 0 amide bonds. The molecule has 8 nitrogen and oxygen atoms in total. The van der Waals surface area contributed by atoms with Gasteiger partial charge in [0.2, 0.25) is 5.89 Å². The predicted octanol–water partition coefficient (Wildman–Crippen LogP) is 0.464. The Balaban J connectivity index is 2.36. The van der Waals surface area contributed by atoms with Gasteiger partial charge >= 0.3 is 6.01 Å². The molecular formula is C9H11N5O3S. The highest BCUT2D eigenvalue weighted by Crippen LogP contribution is 2.22. The molecule has 0 saturated carbocycles. The highest BCUT2D eigenvalue weighted by molar-refractivity contribution is 7.92. The first-order chi connectivity index (χ1) is 8.53. The lowest BCUT2D eigenvalue weighted by Crippen LogP contribution is -2.17. The minimum atomic E-state index is -3.83. The van der Waals surface area contributed by atoms with E-state index in [1.54, 1.807) is 19.1 Å². The van der Waals surface area contributed by atoms with Crippen LogP contribution >= 0.6 is 0 Å². The molecule has 0 atom stereocenters. The number of hydrazine groups is 1. The van der Waals surface area contributed by atoms with Gasteiger partial charge in [0.1, 0.15) is 4.90 Å². The largest absolute Gasteiger partial charge is 0.408 e. The van der Waals surface area contributed by atoms with Crippen LogP contribution in [-0.4, -0.2) is 18.6 Å². The molecule has 0 spiro atoms. The molecule has 0 bridgehead atoms. The lowest BCUT2D eigenvalue weighted by molar-refractivity contribution is 0.534. The maximum atomic E-state index is 12.1. The van der Waals surface area contributed by atoms with Crippen molar-refractivity contribution in [2.45, 2.75) is 11.8 Å². The second-order valence-corrected chi connectivity index (χ2v) is 5.02. The molecule has 96 valence electrons. The number of benzene rings is 1. The van der Waals surface area contributed by atoms with Crippen LogP contribution in [0.2, 0.25) is 0 Å². The van der Waals surface area contributed by atoms with Gasteiger partial charge in [-0.15, -0.1) is 5.10 Å². The van der Waals surface area contributed by atoms with E-state index in [2.05, 4.69) is 20.3 Å². The monoisotopic (exact) mass is 269 g/mol. The predicted molar refractivity (Wildman–Crippen MR) is 64.1 cm³/mol. The lowest BCUT2D eigenvalue weighted by atomic mass is 10.3. The molecule has 0 fully saturated rings. The van der Waals surface area contributed by atoms with E-state index in [0.717, 1.165) is 0 Å². The molecule has 0 saturated heterocycles. The summed E-state index contributed by atoms with van der Waals surface area (Å²) in [5, 5.41) is 7.08. The van der Waals surface area contributed by atoms with Crippen LogP contribution < -0.4 is 16.0 Å². The minimum Gasteiger partial charge on any atom is -0.408 e. The molecule has 4 N–H and O–H groups in total. The Morgan fingerprint density at radius 3 is 2.61 bits per heavy atom. The molecule has 2 rings (SSSR count). The fourth-order valence-corrected chi connectivity index (χ4v) is 2.42. The van der Waals surface area contributed by atoms with Crippen LogP contribution in [-0.2, 0) is 10.0 Å². The van der Waals surface area contributed by atoms with Gasteiger partial charge in [0.15, 0.2) is 0 Å². The minimum absolute atomic E-state index is 0.0108. The van der Waals surface area contributed by atoms with E-state index in [1.807, 2.05) is 0 Å². The average Bonchev–Trinajstić information content (AvgIpc) is 2.74. The number of hydrogen-bond donors (Lipinski definition) is 3. The second kappa shape index (κ2) is 4.63. The third-order valence-corrected chi connectivity index (χ3v) is 3.46. The Labute approximate surface area is 103 Å². The zero-order chi connectivity index (χ0) is 13.2. The van der Waals surface area contributed by atoms with Crippen molar-refractivity contribution in [1.29, 1.82) is 0 Å². The number of nitrogens with two attached hydrogens (primary N) is 1. The van der Waals surface area contributed by atoms with E-state index in [4.69, 9.17) is 10.3 Å². The van der Waals surface area contributed by atoms with Crippen LogP contribution in [0.4, 0.5) is 11.7 Å². The number of nitrogen functional groups attached to an aromatic ring is 1. The third kappa shape index (κ3) is 2.41. The van der Waals surface area contributed by atoms with E-state index < -0.39 is 10.0 Å². The van der Waals surface area contributed by atoms with Crippen molar-refractivity contribution >= 4 is 21.7 Å². The summed E-state index contributed by atoms with van der Waals surface area (Å²) in [4.78, 5) is -0.0108. The number of para-hydroxylation sites is 1. The zero-order valence-corrected chi connectivity index (χ0v) is 10.2. The van der Waals surface area contributed by atoms with Crippen molar-refractivity contribution in [3.8, 4) is 0 Å². The van der Waals surface area contributed by atoms with Crippen molar-refractivity contribution in [3.63, 3.8) is 0 Å². The van der Waals surface area contributed by atoms with Crippen molar-refractivity contribution < 1.29 is 12.8 Å². The van der Waals surface area contributed by atoms with E-state index in [0.29, 0.717) is 0 Å². The van der Waals surface area contributed by atoms with Gasteiger partial charge in [-0.25, -0.2) is 13.1 Å². The smallest absolute Gasteiger partial charge is 0.329 e. The molecule has 0 aliphatic heterocycles. The summed E-state index contributed by atoms with van der Waals surface area (Å²) < 4.78 is 31.2. The first kappa shape index (κ1) is 12.3. The Bertz CT molecular complexity index is 652. The normalized spacial score (nSPS) is 11.2. The van der Waals surface area contributed by atoms with Crippen LogP contribution in [0.15, 0.2) is 33.6 Å². The number of nitrogens with zero attached hydrogens (tertiary/aromatic N) is 2. The molecule has 1 heterocycles. The molecule has 0 radical (unpaired) electrons. The van der Waals surface area contributed by atoms with Gasteiger partial charge in [-0.1, -0.05) is 17.2 Å². The standard InChI is InChI=1S/C9H11N5O3S/c1-6-12-13-9(17-6)14-18(15,16)8-5-3-2-4-7(8)11-10/h2-5,11H,10H2,1H3,(H,13,14). The molecule has 9 heteroatoms. The zero-order valence-electron chi connectivity index (χ0n) is 9.41. The van der Waals surface area contributed by atoms with Crippen molar-refractivity contribution in [3.05, 3.63) is 30.2 Å². The quantitative estimate of drug-likeness (QED) is 0.544. The number of aryl methyl sites for hydroxylation is 1. The summed E-state index contributed by atoms with van der Waals surface area (Å²) in [5.74, 6) is 5.51. The van der Waals surface area contributed by atoms with Gasteiger partial charge in [-0.2, -0.15) is 0 Å². The summed E-state index contributed by atoms with van der Waals surface area (Å²) >= 11 is 0. The molecular weight excluding hydrogens is 258 g/mol. The molecule has 0 aliphatic rings. The molecule has 1 aromatic heterocycles. The van der Waals surface area contributed by atoms with Crippen molar-refractivity contribution in [2.24, 2.45) is 5.84 Å². The van der Waals surface area contributed by atoms with Gasteiger partial charge in [-0.05, 0) is 12.1 Å². The Kier molecular flexibility index (Phi) is 3.17. The summed E-state index contributed by atoms with van der Waals surface area (Å²) in [7, 11) is -3.83. The number of rotatable bonds is 4. The lowest BCUT2D eigenvalue weighted by Gasteiger charge is -2.08. The molecule has 0 unspecified atom stereocenters. The van der Waals surface area contributed by atoms with Gasteiger partial charge in [-0.3, -0.25) is 5.84 Å². The van der Waals surface area contributed by atoms with Crippen molar-refractivity contribution in [2.75, 3.05) is 10.1 Å². The SMILES string of the molecule is Cc1nnc(NS(=O)(=O)c2ccccc2NN)o1. The number of aromatic nitrogens is 2. The second-order valence-electron chi connectivity index (χ2n) is 3.37. The Morgan fingerprint density at radius 1 is 1.28 bits per heavy atom. The van der Waals surface area contributed by atoms with Crippen LogP contribution in [0.5, 0.6) is 0 Å². The number of sulfonamides is 1. The van der Waals surface area contributed by atoms with E-state index in [1.165, 1.54) is 12.1 Å². The first-order valence-electron chi connectivity index (χ1n) is 4.91. The molecule has 18 heavy (non-hydrogen) atoms. The molecule has 2 aromatic rings. The van der Waals surface area contributed by atoms with Crippen LogP contribution in [0.3, 0.4) is 0 Å². The summed E-state index contributed by atoms with van der Waals surface area (Å²) in [5.41, 5.74) is 2.57. The first-order valence-corrected chi connectivity index (χ1v) is 6.40. The highest BCUT2D eigenvalue weighted by atomic mass is 32.2. The Morgan fingerprint density at radius 2 is 2.00 bits per heavy atom. The highest BCUT2D eigenvalue weighted by Gasteiger charge is 2.20. The van der Waals surface area contributed by atoms with E-state index in [9.17, 15) is 8.42 Å². The van der Waals surface area contributed by atoms with Gasteiger partial charge in [0, 0.05) is 6.92 Å². The van der Waals surface area contributed by atoms with Gasteiger partial charge < -0.3 is 9.84 Å². The Hall–Kier alpha value is -2.13. The van der Waals surface area contributed by atoms with Crippen molar-refractivity contribution in [1.82, 2.24) is 10.2 Å². The fourth-order valence-electron chi connectivity index (χ4n) is 1.33. The molecule has 0 aliphatic carbocycles. The summed E-state index contributed by atoms with van der Waals surface area (Å²) in [6, 6.07) is 5.98. The molecule has 1 aromatic carbocycles. The number of hydrogen-bond acceptors (Lipinski definition) is 7. The maximum absolute atomic E-state index is 12.1.